The molecule has 0 radical (unpaired) electrons. The van der Waals surface area contributed by atoms with E-state index in [-0.39, 0.29) is 5.56 Å². The van der Waals surface area contributed by atoms with Gasteiger partial charge in [-0.05, 0) is 18.6 Å². The summed E-state index contributed by atoms with van der Waals surface area (Å²) in [5, 5.41) is 8.65. The number of carbonyl (C=O) groups is 2. The zero-order valence-electron chi connectivity index (χ0n) is 8.71. The van der Waals surface area contributed by atoms with Crippen LogP contribution in [0.5, 0.6) is 0 Å². The van der Waals surface area contributed by atoms with Gasteiger partial charge in [-0.1, -0.05) is 18.7 Å². The maximum absolute atomic E-state index is 11.1. The Morgan fingerprint density at radius 2 is 2.31 bits per heavy atom. The summed E-state index contributed by atoms with van der Waals surface area (Å²) in [5.74, 6) is -1.52. The highest BCUT2D eigenvalue weighted by Crippen LogP contribution is 2.26. The van der Waals surface area contributed by atoms with Crippen molar-refractivity contribution in [2.24, 2.45) is 5.73 Å². The number of carbonyl (C=O) groups excluding carboxylic acids is 1. The number of pyridine rings is 1. The van der Waals surface area contributed by atoms with Crippen molar-refractivity contribution < 1.29 is 14.7 Å². The van der Waals surface area contributed by atoms with Crippen LogP contribution >= 0.6 is 11.8 Å². The van der Waals surface area contributed by atoms with Crippen LogP contribution in [-0.4, -0.2) is 27.2 Å². The van der Waals surface area contributed by atoms with E-state index >= 15 is 0 Å². The molecule has 0 spiro atoms. The SMILES string of the molecule is CCC(Sc1ncccc1C(N)=O)C(=O)O. The van der Waals surface area contributed by atoms with E-state index < -0.39 is 17.1 Å². The molecular weight excluding hydrogens is 228 g/mol. The fourth-order valence-electron chi connectivity index (χ4n) is 1.12. The van der Waals surface area contributed by atoms with E-state index in [9.17, 15) is 9.59 Å². The van der Waals surface area contributed by atoms with E-state index in [0.717, 1.165) is 11.8 Å². The van der Waals surface area contributed by atoms with E-state index in [4.69, 9.17) is 10.8 Å². The van der Waals surface area contributed by atoms with Gasteiger partial charge in [0.15, 0.2) is 0 Å². The molecule has 0 bridgehead atoms. The van der Waals surface area contributed by atoms with Gasteiger partial charge in [-0.15, -0.1) is 0 Å². The molecule has 0 aliphatic carbocycles. The first-order valence-electron chi connectivity index (χ1n) is 4.70. The molecule has 0 aromatic carbocycles. The average Bonchev–Trinajstić information content (AvgIpc) is 2.25. The summed E-state index contributed by atoms with van der Waals surface area (Å²) in [6.07, 6.45) is 1.96. The molecule has 0 saturated carbocycles. The van der Waals surface area contributed by atoms with Gasteiger partial charge < -0.3 is 10.8 Å². The Kier molecular flexibility index (Phi) is 4.30. The lowest BCUT2D eigenvalue weighted by Crippen LogP contribution is -2.18. The number of aromatic nitrogens is 1. The molecule has 1 amide bonds. The van der Waals surface area contributed by atoms with Crippen molar-refractivity contribution in [3.05, 3.63) is 23.9 Å². The number of primary amides is 1. The van der Waals surface area contributed by atoms with E-state index in [2.05, 4.69) is 4.98 Å². The number of nitrogens with zero attached hydrogens (tertiary/aromatic N) is 1. The number of amides is 1. The molecule has 6 heteroatoms. The Hall–Kier alpha value is -1.56. The predicted octanol–water partition coefficient (Wildman–Crippen LogP) is 1.14. The van der Waals surface area contributed by atoms with Gasteiger partial charge in [0.1, 0.15) is 10.3 Å². The van der Waals surface area contributed by atoms with Crippen molar-refractivity contribution in [3.63, 3.8) is 0 Å². The maximum Gasteiger partial charge on any atom is 0.317 e. The molecule has 0 fully saturated rings. The largest absolute Gasteiger partial charge is 0.480 e. The summed E-state index contributed by atoms with van der Waals surface area (Å²) in [5.41, 5.74) is 5.42. The van der Waals surface area contributed by atoms with Gasteiger partial charge in [0.2, 0.25) is 0 Å². The summed E-state index contributed by atoms with van der Waals surface area (Å²) in [6, 6.07) is 3.12. The molecule has 1 aromatic heterocycles. The highest BCUT2D eigenvalue weighted by atomic mass is 32.2. The van der Waals surface area contributed by atoms with Crippen LogP contribution in [0.1, 0.15) is 23.7 Å². The average molecular weight is 240 g/mol. The molecule has 0 saturated heterocycles. The summed E-state index contributed by atoms with van der Waals surface area (Å²) in [6.45, 7) is 1.76. The van der Waals surface area contributed by atoms with Gasteiger partial charge in [-0.2, -0.15) is 0 Å². The number of carboxylic acid groups (broad SMARTS) is 1. The number of thioether (sulfide) groups is 1. The molecule has 86 valence electrons. The fraction of sp³-hybridized carbons (Fsp3) is 0.300. The number of hydrogen-bond acceptors (Lipinski definition) is 4. The van der Waals surface area contributed by atoms with Crippen molar-refractivity contribution in [1.82, 2.24) is 4.98 Å². The lowest BCUT2D eigenvalue weighted by Gasteiger charge is -2.10. The summed E-state index contributed by atoms with van der Waals surface area (Å²) >= 11 is 1.04. The second-order valence-corrected chi connectivity index (χ2v) is 4.26. The Labute approximate surface area is 97.1 Å². The minimum absolute atomic E-state index is 0.257. The standard InChI is InChI=1S/C10H12N2O3S/c1-2-7(10(14)15)16-9-6(8(11)13)4-3-5-12-9/h3-5,7H,2H2,1H3,(H2,11,13)(H,14,15). The molecule has 0 aliphatic heterocycles. The van der Waals surface area contributed by atoms with Crippen molar-refractivity contribution in [3.8, 4) is 0 Å². The highest BCUT2D eigenvalue weighted by molar-refractivity contribution is 8.00. The van der Waals surface area contributed by atoms with Crippen LogP contribution in [0.15, 0.2) is 23.4 Å². The first kappa shape index (κ1) is 12.5. The van der Waals surface area contributed by atoms with E-state index in [1.165, 1.54) is 12.3 Å². The summed E-state index contributed by atoms with van der Waals surface area (Å²) in [4.78, 5) is 25.9. The quantitative estimate of drug-likeness (QED) is 0.753. The number of hydrogen-bond donors (Lipinski definition) is 2. The topological polar surface area (TPSA) is 93.3 Å². The molecule has 1 unspecified atom stereocenters. The molecule has 3 N–H and O–H groups in total. The number of aliphatic carboxylic acids is 1. The van der Waals surface area contributed by atoms with Crippen LogP contribution in [0.4, 0.5) is 0 Å². The Morgan fingerprint density at radius 1 is 1.62 bits per heavy atom. The number of carboxylic acids is 1. The van der Waals surface area contributed by atoms with E-state index in [1.54, 1.807) is 13.0 Å². The Morgan fingerprint density at radius 3 is 2.81 bits per heavy atom. The van der Waals surface area contributed by atoms with Gasteiger partial charge in [0, 0.05) is 6.20 Å². The third kappa shape index (κ3) is 2.96. The molecular formula is C10H12N2O3S. The van der Waals surface area contributed by atoms with Crippen molar-refractivity contribution in [1.29, 1.82) is 0 Å². The lowest BCUT2D eigenvalue weighted by atomic mass is 10.3. The zero-order chi connectivity index (χ0) is 12.1. The maximum atomic E-state index is 11.1. The monoisotopic (exact) mass is 240 g/mol. The number of nitrogens with two attached hydrogens (primary N) is 1. The zero-order valence-corrected chi connectivity index (χ0v) is 9.53. The molecule has 1 aromatic rings. The van der Waals surface area contributed by atoms with Gasteiger partial charge in [-0.3, -0.25) is 9.59 Å². The summed E-state index contributed by atoms with van der Waals surface area (Å²) in [7, 11) is 0. The minimum atomic E-state index is -0.923. The third-order valence-electron chi connectivity index (χ3n) is 1.94. The van der Waals surface area contributed by atoms with Crippen LogP contribution in [0, 0.1) is 0 Å². The first-order chi connectivity index (χ1) is 7.56. The van der Waals surface area contributed by atoms with Crippen LogP contribution in [0.25, 0.3) is 0 Å². The van der Waals surface area contributed by atoms with Crippen LogP contribution in [0.3, 0.4) is 0 Å². The van der Waals surface area contributed by atoms with Gasteiger partial charge >= 0.3 is 5.97 Å². The highest BCUT2D eigenvalue weighted by Gasteiger charge is 2.20. The summed E-state index contributed by atoms with van der Waals surface area (Å²) < 4.78 is 0. The van der Waals surface area contributed by atoms with Crippen LogP contribution in [0.2, 0.25) is 0 Å². The molecule has 1 rings (SSSR count). The Balaban J connectivity index is 2.95. The minimum Gasteiger partial charge on any atom is -0.480 e. The van der Waals surface area contributed by atoms with Crippen LogP contribution < -0.4 is 5.73 Å². The van der Waals surface area contributed by atoms with Gasteiger partial charge in [-0.25, -0.2) is 4.98 Å². The molecule has 1 atom stereocenters. The predicted molar refractivity (Wildman–Crippen MR) is 60.3 cm³/mol. The second-order valence-electron chi connectivity index (χ2n) is 3.07. The van der Waals surface area contributed by atoms with Gasteiger partial charge in [0.05, 0.1) is 5.56 Å². The third-order valence-corrected chi connectivity index (χ3v) is 3.30. The molecule has 5 nitrogen and oxygen atoms in total. The number of rotatable bonds is 5. The second kappa shape index (κ2) is 5.50. The van der Waals surface area contributed by atoms with Crippen molar-refractivity contribution in [2.45, 2.75) is 23.6 Å². The smallest absolute Gasteiger partial charge is 0.317 e. The lowest BCUT2D eigenvalue weighted by molar-refractivity contribution is -0.136. The van der Waals surface area contributed by atoms with Gasteiger partial charge in [0.25, 0.3) is 5.91 Å². The normalized spacial score (nSPS) is 12.1. The van der Waals surface area contributed by atoms with Crippen molar-refractivity contribution >= 4 is 23.6 Å². The van der Waals surface area contributed by atoms with Crippen LogP contribution in [-0.2, 0) is 4.79 Å². The van der Waals surface area contributed by atoms with E-state index in [1.807, 2.05) is 0 Å². The fourth-order valence-corrected chi connectivity index (χ4v) is 2.07. The molecule has 0 aliphatic rings. The Bertz CT molecular complexity index is 409. The first-order valence-corrected chi connectivity index (χ1v) is 5.58. The van der Waals surface area contributed by atoms with E-state index in [0.29, 0.717) is 11.4 Å². The molecule has 16 heavy (non-hydrogen) atoms. The van der Waals surface area contributed by atoms with Crippen molar-refractivity contribution in [2.75, 3.05) is 0 Å². The molecule has 1 heterocycles.